The van der Waals surface area contributed by atoms with Crippen LogP contribution in [0.5, 0.6) is 5.75 Å². The number of ether oxygens (including phenoxy) is 1. The second-order valence-corrected chi connectivity index (χ2v) is 7.83. The van der Waals surface area contributed by atoms with Crippen LogP contribution in [0.4, 0.5) is 0 Å². The fourth-order valence-corrected chi connectivity index (χ4v) is 3.25. The predicted octanol–water partition coefficient (Wildman–Crippen LogP) is 3.73. The van der Waals surface area contributed by atoms with Gasteiger partial charge in [0.25, 0.3) is 5.91 Å². The van der Waals surface area contributed by atoms with Crippen LogP contribution in [0.25, 0.3) is 0 Å². The van der Waals surface area contributed by atoms with Crippen molar-refractivity contribution in [2.75, 3.05) is 13.2 Å². The molecule has 2 rings (SSSR count). The van der Waals surface area contributed by atoms with Gasteiger partial charge in [-0.2, -0.15) is 0 Å². The van der Waals surface area contributed by atoms with E-state index in [1.165, 1.54) is 11.3 Å². The Balaban J connectivity index is 1.88. The van der Waals surface area contributed by atoms with Gasteiger partial charge >= 0.3 is 0 Å². The number of amides is 1. The number of carbonyl (C=O) groups is 1. The summed E-state index contributed by atoms with van der Waals surface area (Å²) in [6.07, 6.45) is 5.92. The highest BCUT2D eigenvalue weighted by atomic mass is 32.1. The molecule has 25 heavy (non-hydrogen) atoms. The zero-order valence-corrected chi connectivity index (χ0v) is 16.0. The second kappa shape index (κ2) is 8.17. The molecule has 2 aromatic rings. The minimum Gasteiger partial charge on any atom is -0.481 e. The lowest BCUT2D eigenvalue weighted by atomic mass is 9.98. The minimum absolute atomic E-state index is 0.0444. The highest BCUT2D eigenvalue weighted by Crippen LogP contribution is 2.29. The molecule has 1 amide bonds. The minimum atomic E-state index is -0.0560. The summed E-state index contributed by atoms with van der Waals surface area (Å²) in [6, 6.07) is 7.73. The van der Waals surface area contributed by atoms with Gasteiger partial charge in [-0.25, -0.2) is 4.98 Å². The summed E-state index contributed by atoms with van der Waals surface area (Å²) >= 11 is 1.47. The number of nitrogens with one attached hydrogen (secondary N) is 1. The van der Waals surface area contributed by atoms with Gasteiger partial charge in [0.2, 0.25) is 0 Å². The van der Waals surface area contributed by atoms with Crippen LogP contribution in [-0.4, -0.2) is 24.0 Å². The van der Waals surface area contributed by atoms with Crippen molar-refractivity contribution in [3.63, 3.8) is 0 Å². The molecule has 4 nitrogen and oxygen atoms in total. The molecule has 5 heteroatoms. The second-order valence-electron chi connectivity index (χ2n) is 6.83. The van der Waals surface area contributed by atoms with Gasteiger partial charge in [-0.1, -0.05) is 38.8 Å². The van der Waals surface area contributed by atoms with E-state index in [1.54, 1.807) is 0 Å². The summed E-state index contributed by atoms with van der Waals surface area (Å²) in [5.74, 6) is 3.13. The summed E-state index contributed by atoms with van der Waals surface area (Å²) < 4.78 is 5.34. The van der Waals surface area contributed by atoms with Crippen LogP contribution in [0.2, 0.25) is 0 Å². The van der Waals surface area contributed by atoms with Crippen molar-refractivity contribution in [3.8, 4) is 18.1 Å². The van der Waals surface area contributed by atoms with Gasteiger partial charge in [0, 0.05) is 12.0 Å². The monoisotopic (exact) mass is 356 g/mol. The lowest BCUT2D eigenvalue weighted by Gasteiger charge is -2.13. The molecule has 0 saturated heterocycles. The first-order valence-corrected chi connectivity index (χ1v) is 9.04. The maximum atomic E-state index is 12.4. The Labute approximate surface area is 153 Å². The van der Waals surface area contributed by atoms with E-state index in [1.807, 2.05) is 31.2 Å². The van der Waals surface area contributed by atoms with Crippen molar-refractivity contribution in [1.82, 2.24) is 10.3 Å². The zero-order valence-electron chi connectivity index (χ0n) is 15.2. The number of rotatable bonds is 6. The molecule has 0 saturated carbocycles. The largest absolute Gasteiger partial charge is 0.481 e. The first-order chi connectivity index (χ1) is 11.8. The Morgan fingerprint density at radius 2 is 2.00 bits per heavy atom. The van der Waals surface area contributed by atoms with Crippen LogP contribution in [-0.2, 0) is 11.8 Å². The molecule has 1 aromatic heterocycles. The normalized spacial score (nSPS) is 11.0. The van der Waals surface area contributed by atoms with E-state index < -0.39 is 0 Å². The molecule has 132 valence electrons. The Hall–Kier alpha value is -2.32. The van der Waals surface area contributed by atoms with E-state index in [0.717, 1.165) is 28.4 Å². The summed E-state index contributed by atoms with van der Waals surface area (Å²) in [7, 11) is 0. The fraction of sp³-hybridized carbons (Fsp3) is 0.400. The number of hydrogen-bond acceptors (Lipinski definition) is 4. The van der Waals surface area contributed by atoms with E-state index in [2.05, 4.69) is 37.0 Å². The van der Waals surface area contributed by atoms with E-state index in [-0.39, 0.29) is 17.9 Å². The van der Waals surface area contributed by atoms with Gasteiger partial charge < -0.3 is 10.1 Å². The number of aromatic nitrogens is 1. The lowest BCUT2D eigenvalue weighted by Crippen LogP contribution is -2.25. The fourth-order valence-electron chi connectivity index (χ4n) is 2.21. The maximum Gasteiger partial charge on any atom is 0.263 e. The number of benzene rings is 1. The van der Waals surface area contributed by atoms with Crippen molar-refractivity contribution < 1.29 is 9.53 Å². The third-order valence-corrected chi connectivity index (χ3v) is 5.17. The third kappa shape index (κ3) is 5.33. The van der Waals surface area contributed by atoms with Crippen molar-refractivity contribution in [1.29, 1.82) is 0 Å². The number of terminal acetylenes is 1. The summed E-state index contributed by atoms with van der Waals surface area (Å²) in [4.78, 5) is 17.6. The first kappa shape index (κ1) is 19.0. The van der Waals surface area contributed by atoms with Gasteiger partial charge in [0.05, 0.1) is 10.7 Å². The SMILES string of the molecule is C#CCOc1ccc(CCNC(=O)c2sc(C(C)(C)C)nc2C)cc1. The molecule has 0 bridgehead atoms. The Morgan fingerprint density at radius 3 is 2.56 bits per heavy atom. The van der Waals surface area contributed by atoms with Gasteiger partial charge in [-0.05, 0) is 31.0 Å². The first-order valence-electron chi connectivity index (χ1n) is 8.22. The van der Waals surface area contributed by atoms with E-state index in [9.17, 15) is 4.79 Å². The molecular weight excluding hydrogens is 332 g/mol. The smallest absolute Gasteiger partial charge is 0.263 e. The van der Waals surface area contributed by atoms with Crippen molar-refractivity contribution >= 4 is 17.2 Å². The average molecular weight is 356 g/mol. The number of thiazole rings is 1. The Kier molecular flexibility index (Phi) is 6.22. The van der Waals surface area contributed by atoms with Crippen LogP contribution in [0.15, 0.2) is 24.3 Å². The molecule has 0 fully saturated rings. The van der Waals surface area contributed by atoms with Gasteiger partial charge in [-0.3, -0.25) is 4.79 Å². The van der Waals surface area contributed by atoms with Crippen LogP contribution in [0, 0.1) is 19.3 Å². The van der Waals surface area contributed by atoms with Crippen LogP contribution in [0.3, 0.4) is 0 Å². The Morgan fingerprint density at radius 1 is 1.32 bits per heavy atom. The molecule has 0 spiro atoms. The molecule has 1 heterocycles. The van der Waals surface area contributed by atoms with Gasteiger partial charge in [-0.15, -0.1) is 17.8 Å². The van der Waals surface area contributed by atoms with Gasteiger partial charge in [0.1, 0.15) is 17.2 Å². The Bertz CT molecular complexity index is 764. The number of hydrogen-bond donors (Lipinski definition) is 1. The third-order valence-electron chi connectivity index (χ3n) is 3.59. The molecule has 0 aliphatic carbocycles. The predicted molar refractivity (Wildman–Crippen MR) is 102 cm³/mol. The van der Waals surface area contributed by atoms with Crippen molar-refractivity contribution in [2.24, 2.45) is 0 Å². The zero-order chi connectivity index (χ0) is 18.4. The molecule has 1 aromatic carbocycles. The maximum absolute atomic E-state index is 12.4. The lowest BCUT2D eigenvalue weighted by molar-refractivity contribution is 0.0957. The summed E-state index contributed by atoms with van der Waals surface area (Å²) in [5, 5.41) is 3.96. The van der Waals surface area contributed by atoms with E-state index >= 15 is 0 Å². The quantitative estimate of drug-likeness (QED) is 0.802. The highest BCUT2D eigenvalue weighted by molar-refractivity contribution is 7.14. The molecule has 0 aliphatic heterocycles. The van der Waals surface area contributed by atoms with Gasteiger partial charge in [0.15, 0.2) is 0 Å². The highest BCUT2D eigenvalue weighted by Gasteiger charge is 2.22. The summed E-state index contributed by atoms with van der Waals surface area (Å²) in [5.41, 5.74) is 1.88. The molecule has 0 unspecified atom stereocenters. The number of carbonyl (C=O) groups excluding carboxylic acids is 1. The number of nitrogens with zero attached hydrogens (tertiary/aromatic N) is 1. The molecule has 0 aliphatic rings. The van der Waals surface area contributed by atoms with Crippen molar-refractivity contribution in [2.45, 2.75) is 39.5 Å². The molecule has 0 atom stereocenters. The van der Waals surface area contributed by atoms with E-state index in [4.69, 9.17) is 11.2 Å². The van der Waals surface area contributed by atoms with Crippen LogP contribution >= 0.6 is 11.3 Å². The molecular formula is C20H24N2O2S. The van der Waals surface area contributed by atoms with E-state index in [0.29, 0.717) is 11.4 Å². The molecule has 0 radical (unpaired) electrons. The molecule has 1 N–H and O–H groups in total. The summed E-state index contributed by atoms with van der Waals surface area (Å²) in [6.45, 7) is 9.03. The standard InChI is InChI=1S/C20H24N2O2S/c1-6-13-24-16-9-7-15(8-10-16)11-12-21-18(23)17-14(2)22-19(25-17)20(3,4)5/h1,7-10H,11-13H2,2-5H3,(H,21,23). The number of aryl methyl sites for hydroxylation is 1. The van der Waals surface area contributed by atoms with Crippen LogP contribution in [0.1, 0.15) is 46.7 Å². The average Bonchev–Trinajstić information content (AvgIpc) is 2.96. The van der Waals surface area contributed by atoms with Crippen LogP contribution < -0.4 is 10.1 Å². The topological polar surface area (TPSA) is 51.2 Å². The van der Waals surface area contributed by atoms with Crippen molar-refractivity contribution in [3.05, 3.63) is 45.4 Å².